The van der Waals surface area contributed by atoms with E-state index in [9.17, 15) is 4.79 Å². The average molecular weight is 355 g/mol. The van der Waals surface area contributed by atoms with Crippen molar-refractivity contribution in [3.8, 4) is 0 Å². The van der Waals surface area contributed by atoms with Crippen LogP contribution in [0.2, 0.25) is 0 Å². The van der Waals surface area contributed by atoms with Crippen LogP contribution in [0.5, 0.6) is 0 Å². The molecular formula is C25H25NO. The lowest BCUT2D eigenvalue weighted by atomic mass is 9.73. The third-order valence-electron chi connectivity index (χ3n) is 5.89. The Balaban J connectivity index is 1.66. The summed E-state index contributed by atoms with van der Waals surface area (Å²) in [5, 5.41) is 0. The van der Waals surface area contributed by atoms with Gasteiger partial charge >= 0.3 is 0 Å². The Hall–Kier alpha value is -2.71. The molecule has 1 atom stereocenters. The van der Waals surface area contributed by atoms with Gasteiger partial charge in [-0.15, -0.1) is 0 Å². The largest absolute Gasteiger partial charge is 0.298 e. The second-order valence-corrected chi connectivity index (χ2v) is 7.63. The van der Waals surface area contributed by atoms with Crippen LogP contribution in [-0.4, -0.2) is 23.8 Å². The van der Waals surface area contributed by atoms with Crippen molar-refractivity contribution >= 4 is 6.29 Å². The third-order valence-corrected chi connectivity index (χ3v) is 5.89. The van der Waals surface area contributed by atoms with Crippen molar-refractivity contribution in [2.45, 2.75) is 31.3 Å². The zero-order chi connectivity index (χ0) is 18.7. The standard InChI is InChI=1S/C25H25NO/c1-20-16-25(23-8-4-2-5-9-23,24-10-6-3-7-11-24)19-26(20)17-21-12-14-22(18-27)15-13-21/h2-15,18,20H,16-17,19H2,1H3. The van der Waals surface area contributed by atoms with Crippen LogP contribution in [0.15, 0.2) is 84.9 Å². The molecule has 3 aromatic carbocycles. The lowest BCUT2D eigenvalue weighted by molar-refractivity contribution is 0.112. The molecule has 2 heteroatoms. The number of carbonyl (C=O) groups is 1. The van der Waals surface area contributed by atoms with Gasteiger partial charge in [-0.25, -0.2) is 0 Å². The summed E-state index contributed by atoms with van der Waals surface area (Å²) in [6.07, 6.45) is 2.01. The Kier molecular flexibility index (Phi) is 4.91. The number of nitrogens with zero attached hydrogens (tertiary/aromatic N) is 1. The third kappa shape index (κ3) is 3.45. The van der Waals surface area contributed by atoms with Gasteiger partial charge in [-0.3, -0.25) is 9.69 Å². The fourth-order valence-corrected chi connectivity index (χ4v) is 4.45. The molecule has 0 amide bonds. The molecule has 0 spiro atoms. The lowest BCUT2D eigenvalue weighted by Crippen LogP contribution is -2.32. The maximum Gasteiger partial charge on any atom is 0.150 e. The SMILES string of the molecule is CC1CC(c2ccccc2)(c2ccccc2)CN1Cc1ccc(C=O)cc1. The highest BCUT2D eigenvalue weighted by molar-refractivity contribution is 5.74. The van der Waals surface area contributed by atoms with Crippen molar-refractivity contribution < 1.29 is 4.79 Å². The van der Waals surface area contributed by atoms with Gasteiger partial charge in [-0.1, -0.05) is 84.9 Å². The van der Waals surface area contributed by atoms with E-state index in [0.717, 1.165) is 31.4 Å². The van der Waals surface area contributed by atoms with Crippen molar-refractivity contribution in [2.75, 3.05) is 6.54 Å². The Morgan fingerprint density at radius 1 is 0.889 bits per heavy atom. The number of rotatable bonds is 5. The number of benzene rings is 3. The van der Waals surface area contributed by atoms with Crippen molar-refractivity contribution in [1.29, 1.82) is 0 Å². The summed E-state index contributed by atoms with van der Waals surface area (Å²) < 4.78 is 0. The highest BCUT2D eigenvalue weighted by Crippen LogP contribution is 2.43. The summed E-state index contributed by atoms with van der Waals surface area (Å²) in [4.78, 5) is 13.5. The molecule has 2 nitrogen and oxygen atoms in total. The first-order chi connectivity index (χ1) is 13.2. The molecule has 0 aliphatic carbocycles. The molecule has 1 fully saturated rings. The van der Waals surface area contributed by atoms with Gasteiger partial charge in [0.1, 0.15) is 6.29 Å². The topological polar surface area (TPSA) is 20.3 Å². The number of likely N-dealkylation sites (tertiary alicyclic amines) is 1. The summed E-state index contributed by atoms with van der Waals surface area (Å²) in [6.45, 7) is 4.23. The van der Waals surface area contributed by atoms with E-state index in [2.05, 4.69) is 84.6 Å². The zero-order valence-electron chi connectivity index (χ0n) is 15.7. The fourth-order valence-electron chi connectivity index (χ4n) is 4.45. The van der Waals surface area contributed by atoms with Gasteiger partial charge in [-0.05, 0) is 30.0 Å². The first kappa shape index (κ1) is 17.7. The molecule has 1 aliphatic heterocycles. The van der Waals surface area contributed by atoms with Gasteiger partial charge in [0.15, 0.2) is 0 Å². The highest BCUT2D eigenvalue weighted by Gasteiger charge is 2.44. The van der Waals surface area contributed by atoms with E-state index in [0.29, 0.717) is 6.04 Å². The quantitative estimate of drug-likeness (QED) is 0.595. The molecule has 136 valence electrons. The molecule has 1 aliphatic rings. The van der Waals surface area contributed by atoms with E-state index in [-0.39, 0.29) is 5.41 Å². The first-order valence-electron chi connectivity index (χ1n) is 9.60. The Morgan fingerprint density at radius 2 is 1.44 bits per heavy atom. The van der Waals surface area contributed by atoms with Crippen LogP contribution >= 0.6 is 0 Å². The normalized spacial score (nSPS) is 19.1. The molecule has 0 N–H and O–H groups in total. The van der Waals surface area contributed by atoms with E-state index < -0.39 is 0 Å². The van der Waals surface area contributed by atoms with E-state index >= 15 is 0 Å². The van der Waals surface area contributed by atoms with Crippen molar-refractivity contribution in [3.63, 3.8) is 0 Å². The monoisotopic (exact) mass is 355 g/mol. The predicted molar refractivity (Wildman–Crippen MR) is 110 cm³/mol. The molecule has 1 unspecified atom stereocenters. The van der Waals surface area contributed by atoms with Gasteiger partial charge in [0.2, 0.25) is 0 Å². The van der Waals surface area contributed by atoms with Crippen LogP contribution in [0.4, 0.5) is 0 Å². The van der Waals surface area contributed by atoms with Crippen LogP contribution in [0.1, 0.15) is 40.4 Å². The minimum atomic E-state index is 0.0185. The van der Waals surface area contributed by atoms with Gasteiger partial charge in [0, 0.05) is 30.1 Å². The molecule has 1 heterocycles. The van der Waals surface area contributed by atoms with E-state index in [1.165, 1.54) is 16.7 Å². The smallest absolute Gasteiger partial charge is 0.150 e. The molecule has 3 aromatic rings. The number of hydrogen-bond donors (Lipinski definition) is 0. The lowest BCUT2D eigenvalue weighted by Gasteiger charge is -2.31. The molecule has 27 heavy (non-hydrogen) atoms. The molecule has 0 radical (unpaired) electrons. The van der Waals surface area contributed by atoms with Crippen molar-refractivity contribution in [3.05, 3.63) is 107 Å². The van der Waals surface area contributed by atoms with E-state index in [1.54, 1.807) is 0 Å². The van der Waals surface area contributed by atoms with Crippen LogP contribution in [0, 0.1) is 0 Å². The summed E-state index contributed by atoms with van der Waals surface area (Å²) in [6, 6.07) is 30.3. The highest BCUT2D eigenvalue weighted by atomic mass is 16.1. The number of hydrogen-bond acceptors (Lipinski definition) is 2. The predicted octanol–water partition coefficient (Wildman–Crippen LogP) is 5.08. The molecule has 0 aromatic heterocycles. The Morgan fingerprint density at radius 3 is 1.96 bits per heavy atom. The first-order valence-corrected chi connectivity index (χ1v) is 9.60. The Labute approximate surface area is 161 Å². The van der Waals surface area contributed by atoms with Gasteiger partial charge < -0.3 is 0 Å². The summed E-state index contributed by atoms with van der Waals surface area (Å²) >= 11 is 0. The fraction of sp³-hybridized carbons (Fsp3) is 0.240. The van der Waals surface area contributed by atoms with E-state index in [1.807, 2.05) is 12.1 Å². The van der Waals surface area contributed by atoms with E-state index in [4.69, 9.17) is 0 Å². The molecule has 0 bridgehead atoms. The maximum absolute atomic E-state index is 10.9. The summed E-state index contributed by atoms with van der Waals surface area (Å²) in [5.41, 5.74) is 4.79. The zero-order valence-corrected chi connectivity index (χ0v) is 15.7. The number of aldehydes is 1. The van der Waals surface area contributed by atoms with Crippen LogP contribution in [-0.2, 0) is 12.0 Å². The van der Waals surface area contributed by atoms with Crippen molar-refractivity contribution in [2.24, 2.45) is 0 Å². The summed E-state index contributed by atoms with van der Waals surface area (Å²) in [7, 11) is 0. The van der Waals surface area contributed by atoms with Crippen LogP contribution in [0.25, 0.3) is 0 Å². The second kappa shape index (κ2) is 7.50. The maximum atomic E-state index is 10.9. The minimum Gasteiger partial charge on any atom is -0.298 e. The molecule has 1 saturated heterocycles. The second-order valence-electron chi connectivity index (χ2n) is 7.63. The molecular weight excluding hydrogens is 330 g/mol. The van der Waals surface area contributed by atoms with Crippen LogP contribution in [0.3, 0.4) is 0 Å². The van der Waals surface area contributed by atoms with Crippen LogP contribution < -0.4 is 0 Å². The van der Waals surface area contributed by atoms with Gasteiger partial charge in [-0.2, -0.15) is 0 Å². The average Bonchev–Trinajstić information content (AvgIpc) is 3.07. The van der Waals surface area contributed by atoms with Gasteiger partial charge in [0.05, 0.1) is 0 Å². The van der Waals surface area contributed by atoms with Crippen molar-refractivity contribution in [1.82, 2.24) is 4.90 Å². The van der Waals surface area contributed by atoms with Gasteiger partial charge in [0.25, 0.3) is 0 Å². The number of carbonyl (C=O) groups excluding carboxylic acids is 1. The molecule has 4 rings (SSSR count). The molecule has 0 saturated carbocycles. The minimum absolute atomic E-state index is 0.0185. The summed E-state index contributed by atoms with van der Waals surface area (Å²) in [5.74, 6) is 0. The Bertz CT molecular complexity index is 847.